The Balaban J connectivity index is 1.08. The van der Waals surface area contributed by atoms with Gasteiger partial charge in [0.1, 0.15) is 0 Å². The Bertz CT molecular complexity index is 3080. The predicted molar refractivity (Wildman–Crippen MR) is 257 cm³/mol. The van der Waals surface area contributed by atoms with Crippen LogP contribution in [0.25, 0.3) is 43.8 Å². The number of rotatable bonds is 5. The molecular formula is C57H39NSSi. The zero-order valence-electron chi connectivity index (χ0n) is 32.9. The van der Waals surface area contributed by atoms with Crippen molar-refractivity contribution in [3.63, 3.8) is 0 Å². The van der Waals surface area contributed by atoms with Gasteiger partial charge in [-0.3, -0.25) is 0 Å². The van der Waals surface area contributed by atoms with Crippen LogP contribution in [-0.4, -0.2) is 9.52 Å². The Morgan fingerprint density at radius 1 is 0.367 bits per heavy atom. The summed E-state index contributed by atoms with van der Waals surface area (Å²) in [6.07, 6.45) is 0. The van der Waals surface area contributed by atoms with Crippen LogP contribution in [0.2, 0.25) is 0 Å². The first-order valence-electron chi connectivity index (χ1n) is 20.8. The van der Waals surface area contributed by atoms with Crippen molar-refractivity contribution in [2.24, 2.45) is 0 Å². The Hall–Kier alpha value is -6.91. The second-order valence-electron chi connectivity index (χ2n) is 16.0. The minimum Gasteiger partial charge on any atom is -0.311 e. The highest BCUT2D eigenvalue weighted by Crippen LogP contribution is 2.56. The Morgan fingerprint density at radius 3 is 1.40 bits per heavy atom. The molecule has 10 aromatic rings. The fourth-order valence-corrected chi connectivity index (χ4v) is 13.7. The SMILES string of the molecule is c1ccc2c(c1)[SiH2]c1c(N(c3ccc(-c4cccc5ccccc45)cc3)c3ccc(-c4cccc5ccccc45)cc3)cccc1C21c2ccccc2Sc2ccccc21. The van der Waals surface area contributed by atoms with Gasteiger partial charge in [0.25, 0.3) is 0 Å². The van der Waals surface area contributed by atoms with Crippen LogP contribution < -0.4 is 15.3 Å². The molecule has 0 aromatic heterocycles. The topological polar surface area (TPSA) is 3.24 Å². The highest BCUT2D eigenvalue weighted by Gasteiger charge is 2.48. The van der Waals surface area contributed by atoms with E-state index in [1.165, 1.54) is 91.9 Å². The third kappa shape index (κ3) is 5.40. The van der Waals surface area contributed by atoms with Crippen LogP contribution >= 0.6 is 11.8 Å². The van der Waals surface area contributed by atoms with E-state index >= 15 is 0 Å². The molecule has 0 saturated heterocycles. The lowest BCUT2D eigenvalue weighted by molar-refractivity contribution is 0.708. The lowest BCUT2D eigenvalue weighted by Gasteiger charge is -2.47. The first-order chi connectivity index (χ1) is 29.8. The third-order valence-corrected chi connectivity index (χ3v) is 16.1. The van der Waals surface area contributed by atoms with Crippen LogP contribution in [0.15, 0.2) is 234 Å². The van der Waals surface area contributed by atoms with E-state index in [9.17, 15) is 0 Å². The average Bonchev–Trinajstić information content (AvgIpc) is 3.32. The Labute approximate surface area is 357 Å². The van der Waals surface area contributed by atoms with Crippen molar-refractivity contribution in [3.05, 3.63) is 247 Å². The summed E-state index contributed by atoms with van der Waals surface area (Å²) in [6, 6.07) is 83.9. The summed E-state index contributed by atoms with van der Waals surface area (Å²) < 4.78 is 0. The first-order valence-corrected chi connectivity index (χ1v) is 23.0. The molecule has 10 aromatic carbocycles. The van der Waals surface area contributed by atoms with Crippen molar-refractivity contribution >= 4 is 70.3 Å². The molecule has 282 valence electrons. The zero-order valence-corrected chi connectivity index (χ0v) is 35.2. The molecule has 3 heteroatoms. The van der Waals surface area contributed by atoms with Crippen molar-refractivity contribution < 1.29 is 0 Å². The maximum absolute atomic E-state index is 2.53. The van der Waals surface area contributed by atoms with Crippen molar-refractivity contribution in [2.75, 3.05) is 4.90 Å². The molecule has 0 saturated carbocycles. The van der Waals surface area contributed by atoms with E-state index in [-0.39, 0.29) is 0 Å². The van der Waals surface area contributed by atoms with E-state index in [0.29, 0.717) is 0 Å². The Kier molecular flexibility index (Phi) is 8.26. The van der Waals surface area contributed by atoms with Crippen molar-refractivity contribution in [2.45, 2.75) is 15.2 Å². The van der Waals surface area contributed by atoms with Crippen LogP contribution in [0.4, 0.5) is 17.1 Å². The molecule has 1 spiro atoms. The molecule has 0 amide bonds. The molecule has 12 rings (SSSR count). The average molecular weight is 798 g/mol. The third-order valence-electron chi connectivity index (χ3n) is 12.8. The van der Waals surface area contributed by atoms with E-state index < -0.39 is 14.9 Å². The molecule has 1 nitrogen and oxygen atoms in total. The van der Waals surface area contributed by atoms with Crippen LogP contribution in [-0.2, 0) is 5.41 Å². The second-order valence-corrected chi connectivity index (χ2v) is 18.9. The van der Waals surface area contributed by atoms with Crippen LogP contribution in [0.3, 0.4) is 0 Å². The molecule has 0 radical (unpaired) electrons. The van der Waals surface area contributed by atoms with Gasteiger partial charge in [0.05, 0.1) is 14.9 Å². The summed E-state index contributed by atoms with van der Waals surface area (Å²) in [5.41, 5.74) is 13.6. The predicted octanol–water partition coefficient (Wildman–Crippen LogP) is 13.1. The van der Waals surface area contributed by atoms with Gasteiger partial charge in [-0.05, 0) is 114 Å². The van der Waals surface area contributed by atoms with Crippen LogP contribution in [0.5, 0.6) is 0 Å². The molecule has 2 aliphatic rings. The number of hydrogen-bond acceptors (Lipinski definition) is 2. The molecule has 0 bridgehead atoms. The van der Waals surface area contributed by atoms with Gasteiger partial charge < -0.3 is 4.90 Å². The van der Waals surface area contributed by atoms with Crippen molar-refractivity contribution in [1.29, 1.82) is 0 Å². The number of benzene rings is 10. The fraction of sp³-hybridized carbons (Fsp3) is 0.0175. The standard InChI is InChI=1S/C57H39NSSi/c1-3-18-44-38(14-1)16-11-20-46(44)40-30-34-42(35-31-40)58(43-36-32-41(33-37-43)47-21-12-17-39-15-2-4-19-45(39)47)52-26-13-25-51-56(52)60-55-29-10-7-24-50(55)57(51)48-22-5-8-27-53(48)59-54-28-9-6-23-49(54)57/h1-37H,60H2. The molecule has 0 N–H and O–H groups in total. The molecule has 2 aliphatic heterocycles. The minimum absolute atomic E-state index is 0.437. The summed E-state index contributed by atoms with van der Waals surface area (Å²) >= 11 is 1.90. The van der Waals surface area contributed by atoms with E-state index in [2.05, 4.69) is 229 Å². The van der Waals surface area contributed by atoms with Gasteiger partial charge in [0.15, 0.2) is 0 Å². The minimum atomic E-state index is -0.942. The molecule has 0 atom stereocenters. The smallest absolute Gasteiger partial charge is 0.0911 e. The van der Waals surface area contributed by atoms with Crippen molar-refractivity contribution in [1.82, 2.24) is 0 Å². The quantitative estimate of drug-likeness (QED) is 0.160. The number of hydrogen-bond donors (Lipinski definition) is 0. The summed E-state index contributed by atoms with van der Waals surface area (Å²) in [6.45, 7) is 0. The monoisotopic (exact) mass is 797 g/mol. The maximum Gasteiger partial charge on any atom is 0.0911 e. The van der Waals surface area contributed by atoms with Gasteiger partial charge in [-0.2, -0.15) is 0 Å². The summed E-state index contributed by atoms with van der Waals surface area (Å²) in [7, 11) is -0.942. The van der Waals surface area contributed by atoms with E-state index in [1.54, 1.807) is 0 Å². The van der Waals surface area contributed by atoms with Gasteiger partial charge >= 0.3 is 0 Å². The van der Waals surface area contributed by atoms with Gasteiger partial charge in [0, 0.05) is 26.9 Å². The molecule has 0 fully saturated rings. The zero-order chi connectivity index (χ0) is 39.6. The number of fused-ring (bicyclic) bond motifs is 10. The van der Waals surface area contributed by atoms with Gasteiger partial charge in [-0.15, -0.1) is 0 Å². The molecule has 0 aliphatic carbocycles. The lowest BCUT2D eigenvalue weighted by atomic mass is 9.64. The first kappa shape index (κ1) is 35.1. The summed E-state index contributed by atoms with van der Waals surface area (Å²) in [5.74, 6) is 0. The molecule has 0 unspecified atom stereocenters. The molecule has 2 heterocycles. The normalized spacial score (nSPS) is 13.7. The van der Waals surface area contributed by atoms with Gasteiger partial charge in [-0.1, -0.05) is 199 Å². The lowest BCUT2D eigenvalue weighted by Crippen LogP contribution is -2.51. The van der Waals surface area contributed by atoms with Crippen LogP contribution in [0, 0.1) is 0 Å². The van der Waals surface area contributed by atoms with E-state index in [0.717, 1.165) is 11.4 Å². The largest absolute Gasteiger partial charge is 0.311 e. The van der Waals surface area contributed by atoms with E-state index in [1.807, 2.05) is 11.8 Å². The van der Waals surface area contributed by atoms with Crippen molar-refractivity contribution in [3.8, 4) is 22.3 Å². The van der Waals surface area contributed by atoms with Gasteiger partial charge in [-0.25, -0.2) is 0 Å². The van der Waals surface area contributed by atoms with Crippen LogP contribution in [0.1, 0.15) is 22.3 Å². The second kappa shape index (κ2) is 14.1. The van der Waals surface area contributed by atoms with E-state index in [4.69, 9.17) is 0 Å². The molecule has 60 heavy (non-hydrogen) atoms. The van der Waals surface area contributed by atoms with Gasteiger partial charge in [0.2, 0.25) is 0 Å². The maximum atomic E-state index is 2.53. The number of anilines is 3. The Morgan fingerprint density at radius 2 is 0.817 bits per heavy atom. The highest BCUT2D eigenvalue weighted by molar-refractivity contribution is 7.99. The number of nitrogens with zero attached hydrogens (tertiary/aromatic N) is 1. The highest BCUT2D eigenvalue weighted by atomic mass is 32.2. The summed E-state index contributed by atoms with van der Waals surface area (Å²) in [4.78, 5) is 5.19. The summed E-state index contributed by atoms with van der Waals surface area (Å²) in [5, 5.41) is 8.05. The fourth-order valence-electron chi connectivity index (χ4n) is 10.2. The molecular weight excluding hydrogens is 759 g/mol.